The monoisotopic (exact) mass is 430 g/mol. The van der Waals surface area contributed by atoms with E-state index in [4.69, 9.17) is 5.11 Å². The fraction of sp³-hybridized carbons (Fsp3) is 0.474. The van der Waals surface area contributed by atoms with Crippen molar-refractivity contribution >= 4 is 23.6 Å². The van der Waals surface area contributed by atoms with Gasteiger partial charge in [-0.2, -0.15) is 13.2 Å². The highest BCUT2D eigenvalue weighted by Crippen LogP contribution is 2.31. The Bertz CT molecular complexity index is 836. The molecule has 11 heteroatoms. The molecule has 1 unspecified atom stereocenters. The number of nitrogens with one attached hydrogen (secondary N) is 1. The van der Waals surface area contributed by atoms with Crippen LogP contribution in [0.4, 0.5) is 13.2 Å². The number of halogens is 3. The summed E-state index contributed by atoms with van der Waals surface area (Å²) in [5, 5.41) is 10.7. The number of nitrogens with zero attached hydrogens (tertiary/aromatic N) is 1. The summed E-state index contributed by atoms with van der Waals surface area (Å²) in [6.45, 7) is 1.14. The number of carbonyl (C=O) groups is 4. The highest BCUT2D eigenvalue weighted by Gasteiger charge is 2.48. The van der Waals surface area contributed by atoms with Gasteiger partial charge < -0.3 is 20.1 Å². The van der Waals surface area contributed by atoms with Gasteiger partial charge in [-0.05, 0) is 31.5 Å². The molecule has 0 saturated carbocycles. The molecule has 1 saturated heterocycles. The highest BCUT2D eigenvalue weighted by molar-refractivity contribution is 6.20. The second-order valence-electron chi connectivity index (χ2n) is 7.47. The van der Waals surface area contributed by atoms with Crippen molar-refractivity contribution in [3.63, 3.8) is 0 Å². The molecule has 0 aliphatic carbocycles. The van der Waals surface area contributed by atoms with Crippen LogP contribution in [-0.2, 0) is 25.7 Å². The van der Waals surface area contributed by atoms with Gasteiger partial charge >= 0.3 is 12.1 Å². The lowest BCUT2D eigenvalue weighted by molar-refractivity contribution is -0.159. The van der Waals surface area contributed by atoms with Crippen molar-refractivity contribution in [1.82, 2.24) is 10.2 Å². The lowest BCUT2D eigenvalue weighted by Crippen LogP contribution is -2.60. The molecule has 1 aromatic carbocycles. The van der Waals surface area contributed by atoms with Crippen molar-refractivity contribution < 1.29 is 42.2 Å². The molecule has 1 heterocycles. The van der Waals surface area contributed by atoms with Crippen molar-refractivity contribution in [2.45, 2.75) is 38.5 Å². The van der Waals surface area contributed by atoms with E-state index in [-0.39, 0.29) is 18.7 Å². The van der Waals surface area contributed by atoms with Gasteiger partial charge in [-0.15, -0.1) is 0 Å². The van der Waals surface area contributed by atoms with E-state index in [1.54, 1.807) is 13.8 Å². The maximum atomic E-state index is 12.9. The summed E-state index contributed by atoms with van der Waals surface area (Å²) in [5.74, 6) is -5.32. The quantitative estimate of drug-likeness (QED) is 0.635. The molecule has 1 aromatic rings. The van der Waals surface area contributed by atoms with E-state index in [0.29, 0.717) is 5.56 Å². The zero-order valence-electron chi connectivity index (χ0n) is 16.3. The van der Waals surface area contributed by atoms with Crippen LogP contribution >= 0.6 is 0 Å². The van der Waals surface area contributed by atoms with E-state index in [2.05, 4.69) is 4.74 Å². The predicted octanol–water partition coefficient (Wildman–Crippen LogP) is 1.52. The normalized spacial score (nSPS) is 18.8. The largest absolute Gasteiger partial charge is 0.484 e. The van der Waals surface area contributed by atoms with Gasteiger partial charge in [-0.3, -0.25) is 19.2 Å². The van der Waals surface area contributed by atoms with Crippen LogP contribution in [0.1, 0.15) is 25.8 Å². The lowest BCUT2D eigenvalue weighted by atomic mass is 9.82. The van der Waals surface area contributed by atoms with Gasteiger partial charge in [-0.1, -0.05) is 12.1 Å². The van der Waals surface area contributed by atoms with Crippen molar-refractivity contribution in [1.29, 1.82) is 0 Å². The first-order valence-corrected chi connectivity index (χ1v) is 8.92. The van der Waals surface area contributed by atoms with E-state index < -0.39 is 54.4 Å². The van der Waals surface area contributed by atoms with E-state index in [0.717, 1.165) is 0 Å². The second-order valence-corrected chi connectivity index (χ2v) is 7.47. The Hall–Kier alpha value is -3.11. The van der Waals surface area contributed by atoms with Gasteiger partial charge in [0.05, 0.1) is 0 Å². The number of rotatable bonds is 7. The van der Waals surface area contributed by atoms with Crippen molar-refractivity contribution in [2.75, 3.05) is 13.2 Å². The molecule has 0 bridgehead atoms. The topological polar surface area (TPSA) is 113 Å². The van der Waals surface area contributed by atoms with E-state index in [1.807, 2.05) is 5.32 Å². The number of carbonyl (C=O) groups excluding carboxylic acids is 3. The first-order chi connectivity index (χ1) is 13.8. The van der Waals surface area contributed by atoms with Gasteiger partial charge in [0.2, 0.25) is 11.8 Å². The van der Waals surface area contributed by atoms with Crippen LogP contribution in [0.3, 0.4) is 0 Å². The number of piperidine rings is 1. The van der Waals surface area contributed by atoms with E-state index >= 15 is 0 Å². The molecule has 1 fully saturated rings. The molecule has 2 amide bonds. The molecule has 0 radical (unpaired) electrons. The number of Topliss-reactive ketones (excluding diaryl/α,β-unsaturated/α-hetero) is 1. The van der Waals surface area contributed by atoms with Crippen LogP contribution in [0.25, 0.3) is 0 Å². The summed E-state index contributed by atoms with van der Waals surface area (Å²) in [5.41, 5.74) is -0.363. The van der Waals surface area contributed by atoms with Crippen LogP contribution in [0, 0.1) is 5.92 Å². The van der Waals surface area contributed by atoms with Crippen LogP contribution in [-0.4, -0.2) is 58.4 Å². The first-order valence-electron chi connectivity index (χ1n) is 8.92. The third-order valence-electron chi connectivity index (χ3n) is 4.52. The number of carboxylic acid groups (broad SMARTS) is 1. The maximum absolute atomic E-state index is 12.9. The molecule has 2 N–H and O–H groups in total. The molecule has 164 valence electrons. The maximum Gasteiger partial charge on any atom is 0.422 e. The summed E-state index contributed by atoms with van der Waals surface area (Å²) in [6, 6.07) is 5.60. The third kappa shape index (κ3) is 5.94. The molecular formula is C19H21F3N2O6. The number of amides is 2. The Kier molecular flexibility index (Phi) is 6.73. The Morgan fingerprint density at radius 3 is 2.37 bits per heavy atom. The summed E-state index contributed by atoms with van der Waals surface area (Å²) < 4.78 is 41.3. The standard InChI is InChI=1S/C19H21F3N2O6/c1-18(2)7-13(25)15(16(28)23-8-14(26)27)17(29)24(18)9-11-3-5-12(6-4-11)30-10-19(20,21)22/h3-6,15H,7-10H2,1-2H3,(H,23,28)(H,26,27). The predicted molar refractivity (Wildman–Crippen MR) is 96.4 cm³/mol. The SMILES string of the molecule is CC1(C)CC(=O)C(C(=O)NCC(=O)O)C(=O)N1Cc1ccc(OCC(F)(F)F)cc1. The number of hydrogen-bond acceptors (Lipinski definition) is 5. The summed E-state index contributed by atoms with van der Waals surface area (Å²) in [6.07, 6.45) is -4.58. The van der Waals surface area contributed by atoms with Crippen LogP contribution in [0.15, 0.2) is 24.3 Å². The Labute approximate surface area is 170 Å². The second kappa shape index (κ2) is 8.72. The summed E-state index contributed by atoms with van der Waals surface area (Å²) >= 11 is 0. The molecule has 1 aliphatic heterocycles. The Morgan fingerprint density at radius 1 is 1.23 bits per heavy atom. The van der Waals surface area contributed by atoms with Crippen LogP contribution in [0.2, 0.25) is 0 Å². The lowest BCUT2D eigenvalue weighted by Gasteiger charge is -2.44. The number of aliphatic carboxylic acids is 1. The first kappa shape index (κ1) is 23.2. The number of likely N-dealkylation sites (tertiary alicyclic amines) is 1. The average molecular weight is 430 g/mol. The van der Waals surface area contributed by atoms with Gasteiger partial charge in [0.25, 0.3) is 0 Å². The minimum absolute atomic E-state index is 0.00130. The molecule has 1 aliphatic rings. The molecule has 30 heavy (non-hydrogen) atoms. The summed E-state index contributed by atoms with van der Waals surface area (Å²) in [7, 11) is 0. The minimum Gasteiger partial charge on any atom is -0.484 e. The van der Waals surface area contributed by atoms with Gasteiger partial charge in [0, 0.05) is 18.5 Å². The minimum atomic E-state index is -4.47. The smallest absolute Gasteiger partial charge is 0.422 e. The number of ether oxygens (including phenoxy) is 1. The van der Waals surface area contributed by atoms with Gasteiger partial charge in [0.15, 0.2) is 18.3 Å². The molecule has 2 rings (SSSR count). The molecular weight excluding hydrogens is 409 g/mol. The number of ketones is 1. The van der Waals surface area contributed by atoms with Gasteiger partial charge in [-0.25, -0.2) is 0 Å². The third-order valence-corrected chi connectivity index (χ3v) is 4.52. The Balaban J connectivity index is 2.14. The number of alkyl halides is 3. The highest BCUT2D eigenvalue weighted by atomic mass is 19.4. The number of hydrogen-bond donors (Lipinski definition) is 2. The van der Waals surface area contributed by atoms with Crippen molar-refractivity contribution in [3.8, 4) is 5.75 Å². The fourth-order valence-electron chi connectivity index (χ4n) is 3.07. The molecule has 0 spiro atoms. The zero-order valence-corrected chi connectivity index (χ0v) is 16.3. The van der Waals surface area contributed by atoms with Crippen molar-refractivity contribution in [3.05, 3.63) is 29.8 Å². The number of carboxylic acids is 1. The van der Waals surface area contributed by atoms with Crippen molar-refractivity contribution in [2.24, 2.45) is 5.92 Å². The molecule has 8 nitrogen and oxygen atoms in total. The number of benzene rings is 1. The molecule has 1 atom stereocenters. The van der Waals surface area contributed by atoms with Gasteiger partial charge in [0.1, 0.15) is 12.3 Å². The van der Waals surface area contributed by atoms with Crippen LogP contribution in [0.5, 0.6) is 5.75 Å². The molecule has 0 aromatic heterocycles. The van der Waals surface area contributed by atoms with Crippen LogP contribution < -0.4 is 10.1 Å². The van der Waals surface area contributed by atoms with E-state index in [9.17, 15) is 32.3 Å². The fourth-order valence-corrected chi connectivity index (χ4v) is 3.07. The summed E-state index contributed by atoms with van der Waals surface area (Å²) in [4.78, 5) is 49.3. The Morgan fingerprint density at radius 2 is 1.83 bits per heavy atom. The zero-order chi connectivity index (χ0) is 22.7. The average Bonchev–Trinajstić information content (AvgIpc) is 2.61. The van der Waals surface area contributed by atoms with E-state index in [1.165, 1.54) is 29.2 Å².